The van der Waals surface area contributed by atoms with E-state index < -0.39 is 10.0 Å². The van der Waals surface area contributed by atoms with Crippen LogP contribution in [0, 0.1) is 0 Å². The third kappa shape index (κ3) is 3.80. The molecule has 1 amide bonds. The highest BCUT2D eigenvalue weighted by molar-refractivity contribution is 9.10. The smallest absolute Gasteiger partial charge is 0.261 e. The largest absolute Gasteiger partial charge is 0.494 e. The molecule has 0 saturated carbocycles. The number of sulfonamides is 1. The van der Waals surface area contributed by atoms with Crippen LogP contribution in [0.25, 0.3) is 0 Å². The van der Waals surface area contributed by atoms with Gasteiger partial charge in [0.25, 0.3) is 10.0 Å². The number of nitrogens with zero attached hydrogens (tertiary/aromatic N) is 1. The minimum absolute atomic E-state index is 0.0430. The van der Waals surface area contributed by atoms with Gasteiger partial charge in [0.15, 0.2) is 0 Å². The van der Waals surface area contributed by atoms with Crippen molar-refractivity contribution in [2.24, 2.45) is 0 Å². The third-order valence-electron chi connectivity index (χ3n) is 3.92. The van der Waals surface area contributed by atoms with E-state index in [-0.39, 0.29) is 10.8 Å². The lowest BCUT2D eigenvalue weighted by atomic mass is 10.2. The van der Waals surface area contributed by atoms with Crippen LogP contribution in [0.2, 0.25) is 0 Å². The van der Waals surface area contributed by atoms with Crippen molar-refractivity contribution >= 4 is 43.2 Å². The Morgan fingerprint density at radius 1 is 1.16 bits per heavy atom. The average molecular weight is 425 g/mol. The highest BCUT2D eigenvalue weighted by atomic mass is 79.9. The number of ether oxygens (including phenoxy) is 1. The van der Waals surface area contributed by atoms with Crippen molar-refractivity contribution in [2.75, 3.05) is 23.3 Å². The van der Waals surface area contributed by atoms with E-state index in [9.17, 15) is 13.2 Å². The first-order chi connectivity index (χ1) is 11.9. The number of carbonyl (C=O) groups excluding carboxylic acids is 1. The maximum Gasteiger partial charge on any atom is 0.261 e. The molecule has 1 aliphatic heterocycles. The van der Waals surface area contributed by atoms with E-state index in [2.05, 4.69) is 20.7 Å². The molecule has 132 valence electrons. The maximum absolute atomic E-state index is 12.5. The summed E-state index contributed by atoms with van der Waals surface area (Å²) in [5.74, 6) is 0.493. The predicted molar refractivity (Wildman–Crippen MR) is 99.5 cm³/mol. The van der Waals surface area contributed by atoms with E-state index in [1.807, 2.05) is 0 Å². The zero-order valence-electron chi connectivity index (χ0n) is 13.5. The number of methoxy groups -OCH3 is 1. The SMILES string of the molecule is COc1cc(NS(=O)(=O)c2ccc(Br)cc2)ccc1N1CCCC1=O. The number of hydrogen-bond acceptors (Lipinski definition) is 4. The molecular formula is C17H17BrN2O4S. The second-order valence-corrected chi connectivity index (χ2v) is 8.19. The normalized spacial score (nSPS) is 14.6. The molecule has 0 radical (unpaired) electrons. The standard InChI is InChI=1S/C17H17BrN2O4S/c1-24-16-11-13(6-9-15(16)20-10-2-3-17(20)21)19-25(22,23)14-7-4-12(18)5-8-14/h4-9,11,19H,2-3,10H2,1H3. The van der Waals surface area contributed by atoms with Gasteiger partial charge in [-0.05, 0) is 42.8 Å². The number of benzene rings is 2. The molecule has 1 heterocycles. The van der Waals surface area contributed by atoms with Crippen molar-refractivity contribution in [3.05, 3.63) is 46.9 Å². The summed E-state index contributed by atoms with van der Waals surface area (Å²) in [5, 5.41) is 0. The Bertz CT molecular complexity index is 897. The molecular weight excluding hydrogens is 408 g/mol. The topological polar surface area (TPSA) is 75.7 Å². The van der Waals surface area contributed by atoms with Crippen LogP contribution in [0.1, 0.15) is 12.8 Å². The molecule has 0 atom stereocenters. The maximum atomic E-state index is 12.5. The second kappa shape index (κ2) is 7.05. The summed E-state index contributed by atoms with van der Waals surface area (Å²) < 4.78 is 33.6. The first-order valence-corrected chi connectivity index (χ1v) is 9.95. The molecule has 25 heavy (non-hydrogen) atoms. The molecule has 0 aromatic heterocycles. The summed E-state index contributed by atoms with van der Waals surface area (Å²) in [7, 11) is -2.21. The minimum Gasteiger partial charge on any atom is -0.494 e. The molecule has 0 spiro atoms. The van der Waals surface area contributed by atoms with Crippen LogP contribution in [0.3, 0.4) is 0 Å². The lowest BCUT2D eigenvalue weighted by Gasteiger charge is -2.20. The van der Waals surface area contributed by atoms with Gasteiger partial charge in [0.2, 0.25) is 5.91 Å². The monoisotopic (exact) mass is 424 g/mol. The highest BCUT2D eigenvalue weighted by Crippen LogP contribution is 2.34. The average Bonchev–Trinajstić information content (AvgIpc) is 3.00. The molecule has 0 aliphatic carbocycles. The Kier molecular flexibility index (Phi) is 5.01. The predicted octanol–water partition coefficient (Wildman–Crippen LogP) is 3.39. The van der Waals surface area contributed by atoms with Gasteiger partial charge >= 0.3 is 0 Å². The Morgan fingerprint density at radius 3 is 2.48 bits per heavy atom. The van der Waals surface area contributed by atoms with Gasteiger partial charge in [-0.15, -0.1) is 0 Å². The lowest BCUT2D eigenvalue weighted by molar-refractivity contribution is -0.117. The first kappa shape index (κ1) is 17.8. The Hall–Kier alpha value is -2.06. The number of nitrogens with one attached hydrogen (secondary N) is 1. The number of carbonyl (C=O) groups is 1. The quantitative estimate of drug-likeness (QED) is 0.797. The van der Waals surface area contributed by atoms with Crippen molar-refractivity contribution in [3.63, 3.8) is 0 Å². The molecule has 0 bridgehead atoms. The lowest BCUT2D eigenvalue weighted by Crippen LogP contribution is -2.24. The van der Waals surface area contributed by atoms with Gasteiger partial charge in [-0.25, -0.2) is 8.42 Å². The molecule has 1 saturated heterocycles. The van der Waals surface area contributed by atoms with Gasteiger partial charge in [0, 0.05) is 23.5 Å². The molecule has 1 fully saturated rings. The fourth-order valence-electron chi connectivity index (χ4n) is 2.69. The van der Waals surface area contributed by atoms with Crippen molar-refractivity contribution in [1.29, 1.82) is 0 Å². The molecule has 8 heteroatoms. The molecule has 6 nitrogen and oxygen atoms in total. The van der Waals surface area contributed by atoms with Crippen LogP contribution in [0.4, 0.5) is 11.4 Å². The van der Waals surface area contributed by atoms with Crippen LogP contribution in [0.15, 0.2) is 51.8 Å². The molecule has 2 aromatic rings. The number of rotatable bonds is 5. The van der Waals surface area contributed by atoms with Crippen molar-refractivity contribution in [2.45, 2.75) is 17.7 Å². The molecule has 1 N–H and O–H groups in total. The summed E-state index contributed by atoms with van der Waals surface area (Å²) in [6.07, 6.45) is 1.32. The number of amides is 1. The van der Waals surface area contributed by atoms with Crippen molar-refractivity contribution in [3.8, 4) is 5.75 Å². The number of anilines is 2. The fourth-order valence-corrected chi connectivity index (χ4v) is 4.01. The first-order valence-electron chi connectivity index (χ1n) is 7.67. The van der Waals surface area contributed by atoms with Crippen LogP contribution in [-0.2, 0) is 14.8 Å². The van der Waals surface area contributed by atoms with Crippen LogP contribution < -0.4 is 14.4 Å². The van der Waals surface area contributed by atoms with Gasteiger partial charge in [-0.3, -0.25) is 9.52 Å². The molecule has 0 unspecified atom stereocenters. The summed E-state index contributed by atoms with van der Waals surface area (Å²) in [5.41, 5.74) is 1.02. The summed E-state index contributed by atoms with van der Waals surface area (Å²) >= 11 is 3.28. The second-order valence-electron chi connectivity index (χ2n) is 5.59. The van der Waals surface area contributed by atoms with Gasteiger partial charge in [-0.2, -0.15) is 0 Å². The third-order valence-corrected chi connectivity index (χ3v) is 5.85. The Morgan fingerprint density at radius 2 is 1.88 bits per heavy atom. The van der Waals surface area contributed by atoms with Gasteiger partial charge in [0.05, 0.1) is 23.4 Å². The van der Waals surface area contributed by atoms with Crippen LogP contribution in [0.5, 0.6) is 5.75 Å². The van der Waals surface area contributed by atoms with Crippen LogP contribution >= 0.6 is 15.9 Å². The number of halogens is 1. The minimum atomic E-state index is -3.70. The Balaban J connectivity index is 1.88. The zero-order valence-corrected chi connectivity index (χ0v) is 15.9. The van der Waals surface area contributed by atoms with Crippen molar-refractivity contribution < 1.29 is 17.9 Å². The van der Waals surface area contributed by atoms with E-state index in [0.717, 1.165) is 10.9 Å². The molecule has 1 aliphatic rings. The van der Waals surface area contributed by atoms with Gasteiger partial charge in [0.1, 0.15) is 5.75 Å². The number of hydrogen-bond donors (Lipinski definition) is 1. The fraction of sp³-hybridized carbons (Fsp3) is 0.235. The van der Waals surface area contributed by atoms with Crippen LogP contribution in [-0.4, -0.2) is 28.0 Å². The van der Waals surface area contributed by atoms with E-state index in [1.165, 1.54) is 19.2 Å². The summed E-state index contributed by atoms with van der Waals surface area (Å²) in [4.78, 5) is 13.7. The molecule has 3 rings (SSSR count). The summed E-state index contributed by atoms with van der Waals surface area (Å²) in [6.45, 7) is 0.638. The Labute approximate surface area is 155 Å². The van der Waals surface area contributed by atoms with E-state index >= 15 is 0 Å². The van der Waals surface area contributed by atoms with Gasteiger partial charge in [-0.1, -0.05) is 15.9 Å². The summed E-state index contributed by atoms with van der Waals surface area (Å²) in [6, 6.07) is 11.3. The zero-order chi connectivity index (χ0) is 18.0. The van der Waals surface area contributed by atoms with E-state index in [0.29, 0.717) is 30.1 Å². The van der Waals surface area contributed by atoms with Crippen molar-refractivity contribution in [1.82, 2.24) is 0 Å². The molecule has 2 aromatic carbocycles. The highest BCUT2D eigenvalue weighted by Gasteiger charge is 2.25. The van der Waals surface area contributed by atoms with E-state index in [1.54, 1.807) is 35.2 Å². The van der Waals surface area contributed by atoms with E-state index in [4.69, 9.17) is 4.74 Å². The van der Waals surface area contributed by atoms with Gasteiger partial charge < -0.3 is 9.64 Å².